The largest absolute Gasteiger partial charge is 0.310 e. The Hall–Kier alpha value is -1.68. The Bertz CT molecular complexity index is 462. The van der Waals surface area contributed by atoms with Crippen LogP contribution in [0.3, 0.4) is 0 Å². The second kappa shape index (κ2) is 6.31. The highest BCUT2D eigenvalue weighted by Gasteiger charge is 2.01. The van der Waals surface area contributed by atoms with E-state index in [9.17, 15) is 0 Å². The number of hydrogen-bond donors (Lipinski definition) is 1. The highest BCUT2D eigenvalue weighted by Crippen LogP contribution is 2.01. The van der Waals surface area contributed by atoms with Crippen LogP contribution in [0.2, 0.25) is 0 Å². The Balaban J connectivity index is 1.86. The summed E-state index contributed by atoms with van der Waals surface area (Å²) in [7, 11) is 0. The SMILES string of the molecule is CC(C)CNCc1ncn(Cc2ccccc2)n1. The molecule has 18 heavy (non-hydrogen) atoms. The third kappa shape index (κ3) is 3.96. The fraction of sp³-hybridized carbons (Fsp3) is 0.429. The van der Waals surface area contributed by atoms with E-state index in [-0.39, 0.29) is 0 Å². The van der Waals surface area contributed by atoms with E-state index in [1.165, 1.54) is 5.56 Å². The lowest BCUT2D eigenvalue weighted by Gasteiger charge is -2.04. The minimum absolute atomic E-state index is 0.649. The van der Waals surface area contributed by atoms with Crippen molar-refractivity contribution >= 4 is 0 Å². The van der Waals surface area contributed by atoms with E-state index < -0.39 is 0 Å². The van der Waals surface area contributed by atoms with Crippen LogP contribution in [0.25, 0.3) is 0 Å². The third-order valence-corrected chi connectivity index (χ3v) is 2.61. The fourth-order valence-corrected chi connectivity index (χ4v) is 1.73. The zero-order valence-electron chi connectivity index (χ0n) is 11.0. The van der Waals surface area contributed by atoms with Gasteiger partial charge in [-0.1, -0.05) is 44.2 Å². The first-order valence-electron chi connectivity index (χ1n) is 6.37. The Morgan fingerprint density at radius 3 is 2.72 bits per heavy atom. The van der Waals surface area contributed by atoms with Crippen LogP contribution in [0.5, 0.6) is 0 Å². The lowest BCUT2D eigenvalue weighted by molar-refractivity contribution is 0.539. The molecule has 0 saturated heterocycles. The quantitative estimate of drug-likeness (QED) is 0.846. The van der Waals surface area contributed by atoms with Crippen molar-refractivity contribution in [2.24, 2.45) is 5.92 Å². The number of rotatable bonds is 6. The second-order valence-corrected chi connectivity index (χ2v) is 4.87. The number of benzene rings is 1. The highest BCUT2D eigenvalue weighted by molar-refractivity contribution is 5.14. The van der Waals surface area contributed by atoms with E-state index in [0.29, 0.717) is 5.92 Å². The molecule has 4 heteroatoms. The number of aromatic nitrogens is 3. The van der Waals surface area contributed by atoms with Crippen molar-refractivity contribution in [1.82, 2.24) is 20.1 Å². The van der Waals surface area contributed by atoms with Crippen LogP contribution in [0, 0.1) is 5.92 Å². The summed E-state index contributed by atoms with van der Waals surface area (Å²) >= 11 is 0. The van der Waals surface area contributed by atoms with Crippen LogP contribution in [0.4, 0.5) is 0 Å². The van der Waals surface area contributed by atoms with Crippen LogP contribution in [-0.2, 0) is 13.1 Å². The van der Waals surface area contributed by atoms with Gasteiger partial charge in [-0.05, 0) is 18.0 Å². The van der Waals surface area contributed by atoms with Crippen LogP contribution >= 0.6 is 0 Å². The standard InChI is InChI=1S/C14H20N4/c1-12(2)8-15-9-14-16-11-18(17-14)10-13-6-4-3-5-7-13/h3-7,11-12,15H,8-10H2,1-2H3. The topological polar surface area (TPSA) is 42.7 Å². The van der Waals surface area contributed by atoms with Gasteiger partial charge in [0, 0.05) is 0 Å². The van der Waals surface area contributed by atoms with Gasteiger partial charge in [0.1, 0.15) is 6.33 Å². The molecule has 2 rings (SSSR count). The van der Waals surface area contributed by atoms with Gasteiger partial charge in [-0.15, -0.1) is 0 Å². The predicted molar refractivity (Wildman–Crippen MR) is 72.1 cm³/mol. The lowest BCUT2D eigenvalue weighted by Crippen LogP contribution is -2.19. The summed E-state index contributed by atoms with van der Waals surface area (Å²) in [5.74, 6) is 1.50. The first-order chi connectivity index (χ1) is 8.74. The number of hydrogen-bond acceptors (Lipinski definition) is 3. The van der Waals surface area contributed by atoms with Gasteiger partial charge in [-0.2, -0.15) is 5.10 Å². The summed E-state index contributed by atoms with van der Waals surface area (Å²) in [6.07, 6.45) is 1.79. The smallest absolute Gasteiger partial charge is 0.164 e. The van der Waals surface area contributed by atoms with Crippen molar-refractivity contribution in [3.63, 3.8) is 0 Å². The summed E-state index contributed by atoms with van der Waals surface area (Å²) < 4.78 is 1.88. The normalized spacial score (nSPS) is 11.1. The molecule has 0 radical (unpaired) electrons. The van der Waals surface area contributed by atoms with E-state index in [0.717, 1.165) is 25.5 Å². The molecule has 1 aromatic carbocycles. The van der Waals surface area contributed by atoms with Crippen LogP contribution in [0.15, 0.2) is 36.7 Å². The molecule has 1 N–H and O–H groups in total. The molecule has 96 valence electrons. The number of nitrogens with one attached hydrogen (secondary N) is 1. The van der Waals surface area contributed by atoms with Crippen molar-refractivity contribution in [3.8, 4) is 0 Å². The van der Waals surface area contributed by atoms with Gasteiger partial charge in [0.25, 0.3) is 0 Å². The number of nitrogens with zero attached hydrogens (tertiary/aromatic N) is 3. The van der Waals surface area contributed by atoms with Crippen molar-refractivity contribution in [3.05, 3.63) is 48.0 Å². The Morgan fingerprint density at radius 1 is 1.22 bits per heavy atom. The third-order valence-electron chi connectivity index (χ3n) is 2.61. The summed E-state index contributed by atoms with van der Waals surface area (Å²) in [6, 6.07) is 10.3. The van der Waals surface area contributed by atoms with Gasteiger partial charge < -0.3 is 5.32 Å². The summed E-state index contributed by atoms with van der Waals surface area (Å²) in [5.41, 5.74) is 1.24. The maximum atomic E-state index is 4.45. The molecule has 0 bridgehead atoms. The lowest BCUT2D eigenvalue weighted by atomic mass is 10.2. The second-order valence-electron chi connectivity index (χ2n) is 4.87. The van der Waals surface area contributed by atoms with Crippen molar-refractivity contribution in [2.45, 2.75) is 26.9 Å². The van der Waals surface area contributed by atoms with E-state index in [1.54, 1.807) is 6.33 Å². The Labute approximate surface area is 108 Å². The maximum Gasteiger partial charge on any atom is 0.164 e. The van der Waals surface area contributed by atoms with Crippen LogP contribution in [-0.4, -0.2) is 21.3 Å². The average Bonchev–Trinajstić information content (AvgIpc) is 2.78. The van der Waals surface area contributed by atoms with Gasteiger partial charge in [0.05, 0.1) is 13.1 Å². The first-order valence-corrected chi connectivity index (χ1v) is 6.37. The van der Waals surface area contributed by atoms with Gasteiger partial charge in [0.2, 0.25) is 0 Å². The zero-order valence-corrected chi connectivity index (χ0v) is 11.0. The van der Waals surface area contributed by atoms with Crippen LogP contribution < -0.4 is 5.32 Å². The molecule has 1 aromatic heterocycles. The van der Waals surface area contributed by atoms with Crippen LogP contribution in [0.1, 0.15) is 25.2 Å². The minimum Gasteiger partial charge on any atom is -0.310 e. The molecule has 0 aliphatic heterocycles. The Kier molecular flexibility index (Phi) is 4.47. The molecular formula is C14H20N4. The summed E-state index contributed by atoms with van der Waals surface area (Å²) in [4.78, 5) is 4.30. The highest BCUT2D eigenvalue weighted by atomic mass is 15.3. The molecule has 4 nitrogen and oxygen atoms in total. The van der Waals surface area contributed by atoms with Crippen molar-refractivity contribution in [2.75, 3.05) is 6.54 Å². The van der Waals surface area contributed by atoms with E-state index >= 15 is 0 Å². The maximum absolute atomic E-state index is 4.45. The molecule has 0 saturated carbocycles. The molecule has 1 heterocycles. The molecule has 0 fully saturated rings. The summed E-state index contributed by atoms with van der Waals surface area (Å²) in [6.45, 7) is 6.88. The van der Waals surface area contributed by atoms with E-state index in [2.05, 4.69) is 41.4 Å². The van der Waals surface area contributed by atoms with Gasteiger partial charge in [-0.3, -0.25) is 0 Å². The zero-order chi connectivity index (χ0) is 12.8. The van der Waals surface area contributed by atoms with Gasteiger partial charge >= 0.3 is 0 Å². The van der Waals surface area contributed by atoms with E-state index in [1.807, 2.05) is 22.9 Å². The van der Waals surface area contributed by atoms with Gasteiger partial charge in [-0.25, -0.2) is 9.67 Å². The molecule has 0 atom stereocenters. The van der Waals surface area contributed by atoms with Crippen molar-refractivity contribution in [1.29, 1.82) is 0 Å². The summed E-state index contributed by atoms with van der Waals surface area (Å²) in [5, 5.41) is 7.79. The monoisotopic (exact) mass is 244 g/mol. The van der Waals surface area contributed by atoms with E-state index in [4.69, 9.17) is 0 Å². The fourth-order valence-electron chi connectivity index (χ4n) is 1.73. The molecule has 0 aliphatic rings. The van der Waals surface area contributed by atoms with Crippen molar-refractivity contribution < 1.29 is 0 Å². The molecule has 0 spiro atoms. The molecule has 0 aliphatic carbocycles. The molecule has 2 aromatic rings. The first kappa shape index (κ1) is 12.8. The van der Waals surface area contributed by atoms with Gasteiger partial charge in [0.15, 0.2) is 5.82 Å². The molecular weight excluding hydrogens is 224 g/mol. The minimum atomic E-state index is 0.649. The average molecular weight is 244 g/mol. The predicted octanol–water partition coefficient (Wildman–Crippen LogP) is 2.07. The Morgan fingerprint density at radius 2 is 2.00 bits per heavy atom. The molecule has 0 unspecified atom stereocenters. The molecule has 0 amide bonds.